The summed E-state index contributed by atoms with van der Waals surface area (Å²) in [5.41, 5.74) is 1.43. The van der Waals surface area contributed by atoms with Gasteiger partial charge in [0.05, 0.1) is 0 Å². The van der Waals surface area contributed by atoms with E-state index < -0.39 is 5.63 Å². The normalized spacial score (nSPS) is 11.0. The first-order chi connectivity index (χ1) is 12.5. The van der Waals surface area contributed by atoms with Crippen LogP contribution in [0.3, 0.4) is 0 Å². The van der Waals surface area contributed by atoms with Crippen molar-refractivity contribution in [3.63, 3.8) is 0 Å². The van der Waals surface area contributed by atoms with Gasteiger partial charge in [0.25, 0.3) is 5.17 Å². The highest BCUT2D eigenvalue weighted by molar-refractivity contribution is 7.80. The van der Waals surface area contributed by atoms with Crippen molar-refractivity contribution in [1.82, 2.24) is 9.88 Å². The third-order valence-electron chi connectivity index (χ3n) is 3.80. The fourth-order valence-corrected chi connectivity index (χ4v) is 2.58. The van der Waals surface area contributed by atoms with Crippen molar-refractivity contribution in [1.29, 1.82) is 0 Å². The molecule has 0 saturated heterocycles. The minimum absolute atomic E-state index is 0.232. The minimum Gasteiger partial charge on any atom is -0.436 e. The molecule has 7 heteroatoms. The molecule has 0 spiro atoms. The monoisotopic (exact) mass is 366 g/mol. The van der Waals surface area contributed by atoms with Gasteiger partial charge in [0.15, 0.2) is 5.58 Å². The van der Waals surface area contributed by atoms with Gasteiger partial charge in [-0.25, -0.2) is 9.78 Å². The van der Waals surface area contributed by atoms with Gasteiger partial charge in [-0.2, -0.15) is 0 Å². The molecule has 0 aliphatic carbocycles. The van der Waals surface area contributed by atoms with E-state index >= 15 is 0 Å². The van der Waals surface area contributed by atoms with Crippen LogP contribution >= 0.6 is 12.2 Å². The van der Waals surface area contributed by atoms with Gasteiger partial charge in [0.2, 0.25) is 5.89 Å². The first-order valence-corrected chi connectivity index (χ1v) is 8.25. The van der Waals surface area contributed by atoms with Crippen LogP contribution in [0.2, 0.25) is 0 Å². The summed E-state index contributed by atoms with van der Waals surface area (Å²) in [4.78, 5) is 18.4. The molecule has 0 saturated carbocycles. The molecule has 0 aliphatic heterocycles. The highest BCUT2D eigenvalue weighted by Crippen LogP contribution is 2.26. The van der Waals surface area contributed by atoms with Crippen LogP contribution in [0.15, 0.2) is 62.2 Å². The molecular weight excluding hydrogens is 352 g/mol. The Bertz CT molecular complexity index is 1160. The van der Waals surface area contributed by atoms with Crippen molar-refractivity contribution in [2.75, 3.05) is 14.1 Å². The van der Waals surface area contributed by atoms with E-state index in [0.717, 1.165) is 5.39 Å². The first kappa shape index (κ1) is 16.3. The fraction of sp³-hybridized carbons (Fsp3) is 0.105. The van der Waals surface area contributed by atoms with E-state index in [-0.39, 0.29) is 11.5 Å². The predicted octanol–water partition coefficient (Wildman–Crippen LogP) is 3.83. The summed E-state index contributed by atoms with van der Waals surface area (Å²) in [6, 6.07) is 14.2. The third-order valence-corrected chi connectivity index (χ3v) is 4.25. The van der Waals surface area contributed by atoms with E-state index in [9.17, 15) is 4.79 Å². The molecule has 0 aliphatic rings. The summed E-state index contributed by atoms with van der Waals surface area (Å²) in [5, 5.41) is 1.04. The average Bonchev–Trinajstić information content (AvgIpc) is 3.04. The van der Waals surface area contributed by atoms with Gasteiger partial charge >= 0.3 is 5.63 Å². The van der Waals surface area contributed by atoms with Crippen LogP contribution < -0.4 is 10.4 Å². The Labute approximate surface area is 153 Å². The molecule has 26 heavy (non-hydrogen) atoms. The second-order valence-electron chi connectivity index (χ2n) is 5.90. The van der Waals surface area contributed by atoms with Crippen LogP contribution in [0.1, 0.15) is 0 Å². The van der Waals surface area contributed by atoms with Crippen LogP contribution in [-0.2, 0) is 0 Å². The highest BCUT2D eigenvalue weighted by atomic mass is 32.1. The lowest BCUT2D eigenvalue weighted by Gasteiger charge is -2.14. The van der Waals surface area contributed by atoms with Crippen molar-refractivity contribution >= 4 is 39.5 Å². The maximum absolute atomic E-state index is 12.4. The number of nitrogens with zero attached hydrogens (tertiary/aromatic N) is 2. The zero-order valence-electron chi connectivity index (χ0n) is 14.1. The number of hydrogen-bond donors (Lipinski definition) is 0. The Hall–Kier alpha value is -3.19. The molecule has 0 N–H and O–H groups in total. The van der Waals surface area contributed by atoms with Gasteiger partial charge in [-0.15, -0.1) is 0 Å². The molecule has 2 heterocycles. The number of thiocarbonyl (C=S) groups is 1. The minimum atomic E-state index is -0.531. The number of ether oxygens (including phenoxy) is 1. The van der Waals surface area contributed by atoms with Crippen molar-refractivity contribution in [3.05, 3.63) is 59.0 Å². The largest absolute Gasteiger partial charge is 0.436 e. The SMILES string of the molecule is CN(C)C(=S)Oc1ccc2cc(-c3nc4ccccc4o3)c(=O)oc2c1. The second-order valence-corrected chi connectivity index (χ2v) is 6.25. The molecule has 2 aromatic heterocycles. The van der Waals surface area contributed by atoms with Gasteiger partial charge < -0.3 is 18.5 Å². The van der Waals surface area contributed by atoms with Crippen LogP contribution in [0.5, 0.6) is 5.75 Å². The Morgan fingerprint density at radius 1 is 1.08 bits per heavy atom. The molecule has 0 atom stereocenters. The summed E-state index contributed by atoms with van der Waals surface area (Å²) in [7, 11) is 3.58. The standard InChI is InChI=1S/C19H14N2O4S/c1-21(2)19(26)23-12-8-7-11-9-13(18(22)25-16(11)10-12)17-20-14-5-3-4-6-15(14)24-17/h3-10H,1-2H3. The average molecular weight is 366 g/mol. The Morgan fingerprint density at radius 2 is 1.88 bits per heavy atom. The number of benzene rings is 2. The maximum atomic E-state index is 12.4. The van der Waals surface area contributed by atoms with Gasteiger partial charge in [-0.05, 0) is 42.5 Å². The number of rotatable bonds is 2. The predicted molar refractivity (Wildman–Crippen MR) is 102 cm³/mol. The lowest BCUT2D eigenvalue weighted by molar-refractivity contribution is 0.448. The molecule has 0 radical (unpaired) electrons. The smallest absolute Gasteiger partial charge is 0.349 e. The molecule has 2 aromatic carbocycles. The number of para-hydroxylation sites is 2. The first-order valence-electron chi connectivity index (χ1n) is 7.84. The third kappa shape index (κ3) is 2.93. The van der Waals surface area contributed by atoms with Crippen LogP contribution in [0.4, 0.5) is 0 Å². The zero-order chi connectivity index (χ0) is 18.3. The van der Waals surface area contributed by atoms with E-state index in [1.54, 1.807) is 49.3 Å². The molecule has 4 rings (SSSR count). The van der Waals surface area contributed by atoms with Crippen molar-refractivity contribution in [2.24, 2.45) is 0 Å². The van der Waals surface area contributed by atoms with Crippen LogP contribution in [0, 0.1) is 0 Å². The van der Waals surface area contributed by atoms with E-state index in [0.29, 0.717) is 27.6 Å². The lowest BCUT2D eigenvalue weighted by atomic mass is 10.2. The Morgan fingerprint density at radius 3 is 2.65 bits per heavy atom. The van der Waals surface area contributed by atoms with Gasteiger partial charge in [0, 0.05) is 25.5 Å². The quantitative estimate of drug-likeness (QED) is 0.394. The number of oxazole rings is 1. The molecule has 0 amide bonds. The molecule has 4 aromatic rings. The van der Waals surface area contributed by atoms with Crippen molar-refractivity contribution < 1.29 is 13.6 Å². The van der Waals surface area contributed by atoms with E-state index in [4.69, 9.17) is 25.8 Å². The van der Waals surface area contributed by atoms with Gasteiger partial charge in [-0.3, -0.25) is 0 Å². The van der Waals surface area contributed by atoms with E-state index in [1.807, 2.05) is 18.2 Å². The van der Waals surface area contributed by atoms with E-state index in [1.165, 1.54) is 0 Å². The molecule has 0 fully saturated rings. The Kier molecular flexibility index (Phi) is 3.93. The van der Waals surface area contributed by atoms with Crippen LogP contribution in [0.25, 0.3) is 33.5 Å². The van der Waals surface area contributed by atoms with Gasteiger partial charge in [-0.1, -0.05) is 12.1 Å². The van der Waals surface area contributed by atoms with E-state index in [2.05, 4.69) is 4.98 Å². The molecular formula is C19H14N2O4S. The summed E-state index contributed by atoms with van der Waals surface area (Å²) in [6.07, 6.45) is 0. The molecule has 6 nitrogen and oxygen atoms in total. The number of hydrogen-bond acceptors (Lipinski definition) is 6. The summed E-state index contributed by atoms with van der Waals surface area (Å²) in [6.45, 7) is 0. The summed E-state index contributed by atoms with van der Waals surface area (Å²) < 4.78 is 16.6. The summed E-state index contributed by atoms with van der Waals surface area (Å²) in [5.74, 6) is 0.727. The van der Waals surface area contributed by atoms with Crippen LogP contribution in [-0.4, -0.2) is 29.2 Å². The number of fused-ring (bicyclic) bond motifs is 2. The molecule has 0 unspecified atom stereocenters. The summed E-state index contributed by atoms with van der Waals surface area (Å²) >= 11 is 5.12. The fourth-order valence-electron chi connectivity index (χ4n) is 2.48. The van der Waals surface area contributed by atoms with Gasteiger partial charge in [0.1, 0.15) is 22.4 Å². The highest BCUT2D eigenvalue weighted by Gasteiger charge is 2.15. The van der Waals surface area contributed by atoms with Crippen molar-refractivity contribution in [2.45, 2.75) is 0 Å². The topological polar surface area (TPSA) is 68.7 Å². The number of aromatic nitrogens is 1. The van der Waals surface area contributed by atoms with Crippen molar-refractivity contribution in [3.8, 4) is 17.2 Å². The Balaban J connectivity index is 1.77. The lowest BCUT2D eigenvalue weighted by Crippen LogP contribution is -2.24. The molecule has 130 valence electrons. The second kappa shape index (κ2) is 6.27. The maximum Gasteiger partial charge on any atom is 0.349 e. The zero-order valence-corrected chi connectivity index (χ0v) is 14.9. The molecule has 0 bridgehead atoms.